The highest BCUT2D eigenvalue weighted by molar-refractivity contribution is 7.89. The van der Waals surface area contributed by atoms with Gasteiger partial charge in [0.05, 0.1) is 18.1 Å². The summed E-state index contributed by atoms with van der Waals surface area (Å²) in [5.41, 5.74) is 5.42. The molecule has 1 rings (SSSR count). The maximum Gasteiger partial charge on any atom is 0.242 e. The molecule has 0 aliphatic carbocycles. The van der Waals surface area contributed by atoms with Gasteiger partial charge in [0, 0.05) is 19.7 Å². The number of hydrogen-bond donors (Lipinski definition) is 1. The molecule has 6 nitrogen and oxygen atoms in total. The first-order valence-electron chi connectivity index (χ1n) is 7.03. The van der Waals surface area contributed by atoms with Crippen LogP contribution in [-0.4, -0.2) is 46.1 Å². The van der Waals surface area contributed by atoms with Crippen molar-refractivity contribution < 1.29 is 17.9 Å². The minimum absolute atomic E-state index is 0.189. The number of nitrogens with zero attached hydrogens (tertiary/aromatic N) is 1. The summed E-state index contributed by atoms with van der Waals surface area (Å²) in [6.07, 6.45) is 0.616. The van der Waals surface area contributed by atoms with Crippen LogP contribution in [0.3, 0.4) is 0 Å². The summed E-state index contributed by atoms with van der Waals surface area (Å²) in [6.45, 7) is 5.46. The molecule has 0 bridgehead atoms. The Hall–Kier alpha value is -1.31. The molecule has 0 fully saturated rings. The number of rotatable bonds is 9. The molecule has 21 heavy (non-hydrogen) atoms. The number of nitrogens with two attached hydrogens (primary N) is 1. The Kier molecular flexibility index (Phi) is 6.94. The first-order valence-corrected chi connectivity index (χ1v) is 8.47. The number of benzene rings is 1. The average Bonchev–Trinajstić information content (AvgIpc) is 2.46. The van der Waals surface area contributed by atoms with Gasteiger partial charge in [-0.1, -0.05) is 0 Å². The van der Waals surface area contributed by atoms with Crippen molar-refractivity contribution in [3.8, 4) is 11.5 Å². The second-order valence-corrected chi connectivity index (χ2v) is 6.49. The molecule has 0 saturated carbocycles. The lowest BCUT2D eigenvalue weighted by Crippen LogP contribution is -2.29. The summed E-state index contributed by atoms with van der Waals surface area (Å²) < 4.78 is 37.1. The van der Waals surface area contributed by atoms with E-state index in [1.807, 2.05) is 13.8 Å². The molecule has 0 atom stereocenters. The molecule has 7 heteroatoms. The summed E-state index contributed by atoms with van der Waals surface area (Å²) in [7, 11) is -2.00. The van der Waals surface area contributed by atoms with Crippen molar-refractivity contribution in [2.75, 3.05) is 33.4 Å². The molecule has 0 aromatic heterocycles. The molecule has 0 radical (unpaired) electrons. The van der Waals surface area contributed by atoms with Crippen LogP contribution in [0.5, 0.6) is 11.5 Å². The van der Waals surface area contributed by atoms with E-state index in [1.165, 1.54) is 16.4 Å². The summed E-state index contributed by atoms with van der Waals surface area (Å²) in [5.74, 6) is 0.982. The van der Waals surface area contributed by atoms with Gasteiger partial charge in [0.2, 0.25) is 10.0 Å². The van der Waals surface area contributed by atoms with E-state index >= 15 is 0 Å². The van der Waals surface area contributed by atoms with Gasteiger partial charge in [-0.25, -0.2) is 12.7 Å². The zero-order valence-electron chi connectivity index (χ0n) is 12.8. The van der Waals surface area contributed by atoms with Gasteiger partial charge in [0.15, 0.2) is 11.5 Å². The van der Waals surface area contributed by atoms with Crippen LogP contribution in [0.1, 0.15) is 20.3 Å². The lowest BCUT2D eigenvalue weighted by molar-refractivity contribution is 0.287. The van der Waals surface area contributed by atoms with Crippen LogP contribution in [0.2, 0.25) is 0 Å². The van der Waals surface area contributed by atoms with E-state index in [0.29, 0.717) is 44.2 Å². The van der Waals surface area contributed by atoms with E-state index in [4.69, 9.17) is 15.2 Å². The van der Waals surface area contributed by atoms with Crippen LogP contribution >= 0.6 is 0 Å². The summed E-state index contributed by atoms with van der Waals surface area (Å²) in [6, 6.07) is 4.66. The molecule has 0 spiro atoms. The highest BCUT2D eigenvalue weighted by Crippen LogP contribution is 2.31. The van der Waals surface area contributed by atoms with Gasteiger partial charge in [-0.05, 0) is 38.9 Å². The minimum Gasteiger partial charge on any atom is -0.490 e. The van der Waals surface area contributed by atoms with Gasteiger partial charge in [0.25, 0.3) is 0 Å². The molecule has 0 heterocycles. The van der Waals surface area contributed by atoms with E-state index in [0.717, 1.165) is 0 Å². The summed E-state index contributed by atoms with van der Waals surface area (Å²) in [4.78, 5) is 0.189. The molecular weight excluding hydrogens is 292 g/mol. The van der Waals surface area contributed by atoms with E-state index in [-0.39, 0.29) is 4.90 Å². The fourth-order valence-electron chi connectivity index (χ4n) is 1.81. The third-order valence-corrected chi connectivity index (χ3v) is 4.75. The zero-order chi connectivity index (χ0) is 15.9. The predicted octanol–water partition coefficient (Wildman–Crippen LogP) is 1.45. The molecule has 1 aromatic carbocycles. The molecule has 2 N–H and O–H groups in total. The maximum atomic E-state index is 12.5. The molecular formula is C14H24N2O4S. The molecule has 120 valence electrons. The largest absolute Gasteiger partial charge is 0.490 e. The molecule has 0 unspecified atom stereocenters. The van der Waals surface area contributed by atoms with Crippen molar-refractivity contribution in [3.63, 3.8) is 0 Å². The Morgan fingerprint density at radius 3 is 2.33 bits per heavy atom. The van der Waals surface area contributed by atoms with Crippen molar-refractivity contribution in [3.05, 3.63) is 18.2 Å². The van der Waals surface area contributed by atoms with Gasteiger partial charge >= 0.3 is 0 Å². The fraction of sp³-hybridized carbons (Fsp3) is 0.571. The Balaban J connectivity index is 3.09. The van der Waals surface area contributed by atoms with Crippen LogP contribution in [0.15, 0.2) is 23.1 Å². The Bertz CT molecular complexity index is 546. The van der Waals surface area contributed by atoms with E-state index in [2.05, 4.69) is 0 Å². The third kappa shape index (κ3) is 4.59. The van der Waals surface area contributed by atoms with Crippen molar-refractivity contribution in [1.82, 2.24) is 4.31 Å². The van der Waals surface area contributed by atoms with Crippen LogP contribution < -0.4 is 15.2 Å². The highest BCUT2D eigenvalue weighted by atomic mass is 32.2. The Morgan fingerprint density at radius 1 is 1.14 bits per heavy atom. The van der Waals surface area contributed by atoms with Crippen molar-refractivity contribution in [2.45, 2.75) is 25.2 Å². The standard InChI is InChI=1S/C14H24N2O4S/c1-4-19-13-8-7-12(11-14(13)20-5-2)21(17,18)16(3)10-6-9-15/h7-8,11H,4-6,9-10,15H2,1-3H3. The van der Waals surface area contributed by atoms with Gasteiger partial charge in [-0.2, -0.15) is 0 Å². The van der Waals surface area contributed by atoms with Crippen LogP contribution in [-0.2, 0) is 10.0 Å². The summed E-state index contributed by atoms with van der Waals surface area (Å²) in [5, 5.41) is 0. The molecule has 0 amide bonds. The van der Waals surface area contributed by atoms with Gasteiger partial charge in [0.1, 0.15) is 0 Å². The molecule has 1 aromatic rings. The van der Waals surface area contributed by atoms with Gasteiger partial charge in [-0.15, -0.1) is 0 Å². The number of sulfonamides is 1. The molecule has 0 saturated heterocycles. The quantitative estimate of drug-likeness (QED) is 0.746. The first kappa shape index (κ1) is 17.7. The lowest BCUT2D eigenvalue weighted by atomic mass is 10.3. The predicted molar refractivity (Wildman–Crippen MR) is 82.3 cm³/mol. The maximum absolute atomic E-state index is 12.5. The first-order chi connectivity index (χ1) is 9.97. The number of ether oxygens (including phenoxy) is 2. The van der Waals surface area contributed by atoms with E-state index < -0.39 is 10.0 Å². The topological polar surface area (TPSA) is 81.9 Å². The lowest BCUT2D eigenvalue weighted by Gasteiger charge is -2.18. The third-order valence-electron chi connectivity index (χ3n) is 2.90. The number of hydrogen-bond acceptors (Lipinski definition) is 5. The van der Waals surface area contributed by atoms with E-state index in [9.17, 15) is 8.42 Å². The van der Waals surface area contributed by atoms with Crippen molar-refractivity contribution in [2.24, 2.45) is 5.73 Å². The second-order valence-electron chi connectivity index (χ2n) is 4.44. The van der Waals surface area contributed by atoms with Gasteiger partial charge in [-0.3, -0.25) is 0 Å². The second kappa shape index (κ2) is 8.21. The highest BCUT2D eigenvalue weighted by Gasteiger charge is 2.22. The normalized spacial score (nSPS) is 11.7. The average molecular weight is 316 g/mol. The van der Waals surface area contributed by atoms with Crippen molar-refractivity contribution >= 4 is 10.0 Å². The van der Waals surface area contributed by atoms with Crippen LogP contribution in [0.4, 0.5) is 0 Å². The van der Waals surface area contributed by atoms with Gasteiger partial charge < -0.3 is 15.2 Å². The Morgan fingerprint density at radius 2 is 1.76 bits per heavy atom. The summed E-state index contributed by atoms with van der Waals surface area (Å²) >= 11 is 0. The molecule has 0 aliphatic heterocycles. The smallest absolute Gasteiger partial charge is 0.242 e. The van der Waals surface area contributed by atoms with Crippen LogP contribution in [0, 0.1) is 0 Å². The SMILES string of the molecule is CCOc1ccc(S(=O)(=O)N(C)CCCN)cc1OCC. The Labute approximate surface area is 126 Å². The zero-order valence-corrected chi connectivity index (χ0v) is 13.6. The van der Waals surface area contributed by atoms with E-state index in [1.54, 1.807) is 13.1 Å². The van der Waals surface area contributed by atoms with Crippen molar-refractivity contribution in [1.29, 1.82) is 0 Å². The monoisotopic (exact) mass is 316 g/mol. The minimum atomic E-state index is -3.54. The van der Waals surface area contributed by atoms with Crippen LogP contribution in [0.25, 0.3) is 0 Å². The fourth-order valence-corrected chi connectivity index (χ4v) is 3.03. The molecule has 0 aliphatic rings.